The van der Waals surface area contributed by atoms with E-state index in [0.29, 0.717) is 129 Å². The Morgan fingerprint density at radius 2 is 1.27 bits per heavy atom. The summed E-state index contributed by atoms with van der Waals surface area (Å²) in [5.74, 6) is 4.95. The molecular weight excluding hydrogens is 1880 g/mol. The number of Topliss-reactive ketones (excluding diaryl/α,β-unsaturated/α-hetero) is 1. The molecule has 9 N–H and O–H groups in total. The van der Waals surface area contributed by atoms with Crippen LogP contribution >= 0.6 is 22.7 Å². The van der Waals surface area contributed by atoms with Crippen molar-refractivity contribution in [2.24, 2.45) is 48.8 Å². The van der Waals surface area contributed by atoms with E-state index in [9.17, 15) is 38.4 Å². The molecule has 6 aromatic carbocycles. The number of aromatic amines is 2. The Balaban J connectivity index is 0.000000140. The molecule has 1 saturated carbocycles. The van der Waals surface area contributed by atoms with Gasteiger partial charge in [0.1, 0.15) is 33.8 Å². The number of nitrogens with one attached hydrogen (secondary N) is 3. The first-order valence-corrected chi connectivity index (χ1v) is 48.5. The van der Waals surface area contributed by atoms with Crippen molar-refractivity contribution in [2.75, 3.05) is 75.3 Å². The van der Waals surface area contributed by atoms with E-state index in [1.165, 1.54) is 92.0 Å². The number of H-pyrrole nitrogens is 2. The summed E-state index contributed by atoms with van der Waals surface area (Å²) in [7, 11) is 14.5. The molecule has 12 heterocycles. The third-order valence-corrected chi connectivity index (χ3v) is 26.7. The zero-order chi connectivity index (χ0) is 102. The number of ketones is 1. The summed E-state index contributed by atoms with van der Waals surface area (Å²) >= 11 is 2.73. The summed E-state index contributed by atoms with van der Waals surface area (Å²) in [5.41, 5.74) is 19.8. The maximum atomic E-state index is 12.7. The Kier molecular flexibility index (Phi) is 35.0. The number of hydrogen-bond acceptors (Lipinski definition) is 29. The van der Waals surface area contributed by atoms with E-state index in [0.717, 1.165) is 94.9 Å². The highest BCUT2D eigenvalue weighted by Crippen LogP contribution is 2.41. The summed E-state index contributed by atoms with van der Waals surface area (Å²) < 4.78 is 42.1. The summed E-state index contributed by atoms with van der Waals surface area (Å²) in [6, 6.07) is 54.7. The lowest BCUT2D eigenvalue weighted by molar-refractivity contribution is -0.131. The molecule has 1 atom stereocenters. The van der Waals surface area contributed by atoms with Crippen molar-refractivity contribution in [3.05, 3.63) is 296 Å². The molecule has 19 rings (SSSR count). The molecule has 0 bridgehead atoms. The van der Waals surface area contributed by atoms with Crippen molar-refractivity contribution in [3.63, 3.8) is 0 Å². The Hall–Kier alpha value is -16.0. The monoisotopic (exact) mass is 2000 g/mol. The third-order valence-electron chi connectivity index (χ3n) is 24.7. The van der Waals surface area contributed by atoms with Crippen LogP contribution in [-0.2, 0) is 56.8 Å². The van der Waals surface area contributed by atoms with Gasteiger partial charge in [-0.05, 0) is 152 Å². The van der Waals surface area contributed by atoms with Gasteiger partial charge in [-0.25, -0.2) is 44.3 Å². The topological polar surface area (TPSA) is 473 Å². The number of para-hydroxylation sites is 1. The maximum absolute atomic E-state index is 12.7. The van der Waals surface area contributed by atoms with Crippen LogP contribution in [0.3, 0.4) is 0 Å². The van der Waals surface area contributed by atoms with Gasteiger partial charge in [-0.1, -0.05) is 115 Å². The Labute approximate surface area is 835 Å². The lowest BCUT2D eigenvalue weighted by Gasteiger charge is -2.39. The number of rotatable bonds is 27. The molecule has 752 valence electrons. The number of thiophene rings is 1. The number of nitrogens with two attached hydrogens (primary N) is 2. The molecule has 144 heavy (non-hydrogen) atoms. The molecule has 10 aromatic heterocycles. The number of aryl methyl sites for hydroxylation is 2. The van der Waals surface area contributed by atoms with Crippen molar-refractivity contribution in [3.8, 4) is 51.4 Å². The van der Waals surface area contributed by atoms with E-state index < -0.39 is 6.03 Å². The number of amidine groups is 2. The highest BCUT2D eigenvalue weighted by Gasteiger charge is 2.41. The standard InChI is InChI=1S/C29H36N6O2.C23H28N4O4.C15H10N4O.C13H18N4O3.C12H13N3O3S.C11H12N2O3S/c1-21(2)20-35-27-25(28(36)32(3)29(35)37)30-24(31-27)14-15-33-16-18-34(19-17-33)26(22-10-6-4-7-11-22)23-12-8-5-9-13-23;1-26-19(13-22(28)27(26)23(29)25-15-16-6-5-11-24-14-16)17-9-10-20(30-2)21(12-17)31-18-7-3-4-8-18;20-15-13-12(17-9-18-13)11-7-4-8-16-14(11)19(15)10-5-2-1-3-6-10;1-9(18)6-4-5-7-17-12(19)10-11(14-8-15(10)2)16(3)13(17)20;1-17-9-4-3-7(5-10(9)18-2)8-6-19-12(14-8)11(13)15-16;1-15-7-3-6-4-10(11(12)13-14)17-9(6)5-8(7)16-2/h4-13,21,26H,14-20H2,1-3H3,(H,30,31);5-6,9-12,14,18-19H,3-4,7-8,13,15H2,1-2H3,(H,25,29);1-9H,(H,17,18);8H,4-7H2,1-3H3;3-6,16H,1-2H3,(H2,13,15);3-5,14H,1-2H3,(H2,12,13)/t;19-;;;;/m.0..../s1. The number of urea groups is 1. The van der Waals surface area contributed by atoms with Gasteiger partial charge in [-0.15, -0.1) is 22.7 Å². The number of nitrogens with zero attached hydrogens (tertiary/aromatic N) is 18. The van der Waals surface area contributed by atoms with Gasteiger partial charge in [0.05, 0.1) is 89.1 Å². The molecule has 39 nitrogen and oxygen atoms in total. The highest BCUT2D eigenvalue weighted by molar-refractivity contribution is 7.20. The number of piperazine rings is 1. The molecule has 3 aliphatic rings. The normalized spacial score (nSPS) is 14.1. The molecule has 0 radical (unpaired) electrons. The van der Waals surface area contributed by atoms with Crippen LogP contribution in [0.15, 0.2) is 241 Å². The molecular formula is C103H117N23O16S2. The Morgan fingerprint density at radius 1 is 0.625 bits per heavy atom. The third kappa shape index (κ3) is 24.2. The fourth-order valence-electron chi connectivity index (χ4n) is 17.3. The molecule has 2 aliphatic heterocycles. The molecule has 2 saturated heterocycles. The van der Waals surface area contributed by atoms with Gasteiger partial charge in [-0.2, -0.15) is 5.01 Å². The minimum absolute atomic E-state index is 0.00303. The van der Waals surface area contributed by atoms with Crippen LogP contribution in [0.25, 0.3) is 71.4 Å². The fraction of sp³-hybridized carbons (Fsp3) is 0.320. The van der Waals surface area contributed by atoms with Gasteiger partial charge in [0.2, 0.25) is 5.91 Å². The number of amides is 3. The second-order valence-corrected chi connectivity index (χ2v) is 36.7. The number of methoxy groups -OCH3 is 5. The molecule has 3 amide bonds. The first-order chi connectivity index (χ1) is 69.7. The number of imidazole rings is 3. The lowest BCUT2D eigenvalue weighted by atomic mass is 9.96. The van der Waals surface area contributed by atoms with E-state index in [-0.39, 0.29) is 81.9 Å². The SMILES string of the molecule is CC(=O)CCCCn1c(=O)c2c(ncn2C)n(C)c1=O.CC(C)Cn1c(=O)n(C)c(=O)c2[nH]c(CCN3CCN(C(c4ccccc4)c4ccccc4)CC3)nc21.COc1cc2cc(C(N)=NO)sc2cc1OC.COc1ccc(-c2csc(/C(N)=N/O)n2)cc1OC.COc1ccc([C@@H]2CC(=O)N(C(=O)NCc3cccnc3)N2C)cc1OC1CCCC1.O=c1c2[nH]cnc2c2cccnc2n1-c1ccccc1. The van der Waals surface area contributed by atoms with Crippen LogP contribution in [0.5, 0.6) is 34.5 Å². The molecule has 0 unspecified atom stereocenters. The predicted molar refractivity (Wildman–Crippen MR) is 554 cm³/mol. The van der Waals surface area contributed by atoms with Gasteiger partial charge in [-0.3, -0.25) is 51.9 Å². The second kappa shape index (κ2) is 48.5. The van der Waals surface area contributed by atoms with E-state index in [2.05, 4.69) is 135 Å². The van der Waals surface area contributed by atoms with Crippen molar-refractivity contribution in [1.29, 1.82) is 0 Å². The Morgan fingerprint density at radius 3 is 1.92 bits per heavy atom. The summed E-state index contributed by atoms with van der Waals surface area (Å²) in [4.78, 5) is 136. The van der Waals surface area contributed by atoms with E-state index in [4.69, 9.17) is 55.3 Å². The molecule has 1 aliphatic carbocycles. The van der Waals surface area contributed by atoms with Crippen LogP contribution in [0, 0.1) is 5.92 Å². The quantitative estimate of drug-likeness (QED) is 0.00826. The number of thiazole rings is 1. The number of carbonyl (C=O) groups excluding carboxylic acids is 3. The van der Waals surface area contributed by atoms with Crippen LogP contribution in [0.2, 0.25) is 0 Å². The van der Waals surface area contributed by atoms with Crippen molar-refractivity contribution in [2.45, 2.75) is 116 Å². The fourth-order valence-corrected chi connectivity index (χ4v) is 19.0. The molecule has 16 aromatic rings. The number of carbonyl (C=O) groups is 3. The van der Waals surface area contributed by atoms with Crippen LogP contribution < -0.4 is 73.3 Å². The molecule has 3 fully saturated rings. The number of oxime groups is 2. The number of pyridine rings is 3. The van der Waals surface area contributed by atoms with Crippen LogP contribution in [-0.4, -0.2) is 208 Å². The number of aromatic nitrogens is 14. The number of imide groups is 1. The minimum atomic E-state index is -0.449. The molecule has 41 heteroatoms. The van der Waals surface area contributed by atoms with Gasteiger partial charge in [0, 0.05) is 139 Å². The van der Waals surface area contributed by atoms with Gasteiger partial charge in [0.15, 0.2) is 68.0 Å². The first kappa shape index (κ1) is 104. The van der Waals surface area contributed by atoms with Crippen LogP contribution in [0.4, 0.5) is 4.79 Å². The number of hydrogen-bond donors (Lipinski definition) is 7. The van der Waals surface area contributed by atoms with Crippen molar-refractivity contribution >= 4 is 107 Å². The lowest BCUT2D eigenvalue weighted by Crippen LogP contribution is -2.48. The summed E-state index contributed by atoms with van der Waals surface area (Å²) in [6.07, 6.45) is 15.4. The smallest absolute Gasteiger partial charge is 0.339 e. The second-order valence-electron chi connectivity index (χ2n) is 34.7. The van der Waals surface area contributed by atoms with E-state index in [1.54, 1.807) is 106 Å². The zero-order valence-electron chi connectivity index (χ0n) is 82.1. The molecule has 0 spiro atoms. The minimum Gasteiger partial charge on any atom is -0.493 e. The van der Waals surface area contributed by atoms with Gasteiger partial charge in [0.25, 0.3) is 16.7 Å². The average Bonchev–Trinajstić information content (AvgIpc) is 1.59. The first-order valence-electron chi connectivity index (χ1n) is 46.8. The maximum Gasteiger partial charge on any atom is 0.339 e. The number of fused-ring (bicyclic) bond motifs is 6. The summed E-state index contributed by atoms with van der Waals surface area (Å²) in [5, 5.41) is 32.9. The average molecular weight is 2000 g/mol. The zero-order valence-corrected chi connectivity index (χ0v) is 83.7. The van der Waals surface area contributed by atoms with Gasteiger partial charge >= 0.3 is 17.4 Å². The number of hydrazine groups is 1. The van der Waals surface area contributed by atoms with Crippen LogP contribution in [0.1, 0.15) is 122 Å². The van der Waals surface area contributed by atoms with E-state index in [1.807, 2.05) is 102 Å². The van der Waals surface area contributed by atoms with E-state index >= 15 is 0 Å². The highest BCUT2D eigenvalue weighted by atomic mass is 32.1. The van der Waals surface area contributed by atoms with Gasteiger partial charge < -0.3 is 79.8 Å². The summed E-state index contributed by atoms with van der Waals surface area (Å²) in [6.45, 7) is 11.5. The number of ether oxygens (including phenoxy) is 6. The van der Waals surface area contributed by atoms with Crippen molar-refractivity contribution in [1.82, 2.24) is 92.4 Å². The predicted octanol–water partition coefficient (Wildman–Crippen LogP) is 12.9. The van der Waals surface area contributed by atoms with Crippen molar-refractivity contribution < 1.29 is 53.2 Å². The Bertz CT molecular complexity index is 7470. The number of unbranched alkanes of at least 4 members (excludes halogenated alkanes) is 1. The largest absolute Gasteiger partial charge is 0.493 e. The number of benzene rings is 6.